The Morgan fingerprint density at radius 3 is 2.73 bits per heavy atom. The fourth-order valence-corrected chi connectivity index (χ4v) is 4.75. The first-order valence-electron chi connectivity index (χ1n) is 12.5. The van der Waals surface area contributed by atoms with Crippen LogP contribution in [0.15, 0.2) is 24.3 Å². The van der Waals surface area contributed by atoms with Gasteiger partial charge in [-0.2, -0.15) is 4.80 Å². The van der Waals surface area contributed by atoms with Crippen LogP contribution in [-0.2, 0) is 16.6 Å². The Bertz CT molecular complexity index is 1470. The van der Waals surface area contributed by atoms with Crippen molar-refractivity contribution in [2.45, 2.75) is 45.3 Å². The first kappa shape index (κ1) is 23.3. The average molecular weight is 504 g/mol. The minimum absolute atomic E-state index is 0.0113. The second-order valence-corrected chi connectivity index (χ2v) is 9.45. The smallest absolute Gasteiger partial charge is 0.228 e. The summed E-state index contributed by atoms with van der Waals surface area (Å²) in [6, 6.07) is 7.49. The summed E-state index contributed by atoms with van der Waals surface area (Å²) in [5.74, 6) is 2.33. The zero-order valence-corrected chi connectivity index (χ0v) is 21.1. The summed E-state index contributed by atoms with van der Waals surface area (Å²) in [7, 11) is 3.31. The van der Waals surface area contributed by atoms with E-state index in [4.69, 9.17) is 19.4 Å². The summed E-state index contributed by atoms with van der Waals surface area (Å²) in [4.78, 5) is 23.7. The molecule has 12 heteroatoms. The first-order valence-corrected chi connectivity index (χ1v) is 12.5. The highest BCUT2D eigenvalue weighted by Gasteiger charge is 2.30. The van der Waals surface area contributed by atoms with Gasteiger partial charge in [0.2, 0.25) is 11.7 Å². The molecule has 12 nitrogen and oxygen atoms in total. The van der Waals surface area contributed by atoms with E-state index in [2.05, 4.69) is 26.0 Å². The van der Waals surface area contributed by atoms with Crippen LogP contribution < -0.4 is 15.4 Å². The maximum atomic E-state index is 12.6. The molecule has 37 heavy (non-hydrogen) atoms. The number of fused-ring (bicyclic) bond motifs is 1. The zero-order chi connectivity index (χ0) is 25.5. The van der Waals surface area contributed by atoms with E-state index in [1.165, 1.54) is 4.80 Å². The number of hydrogen-bond acceptors (Lipinski definition) is 9. The molecule has 1 amide bonds. The van der Waals surface area contributed by atoms with E-state index in [1.807, 2.05) is 35.8 Å². The molecule has 2 aliphatic rings. The van der Waals surface area contributed by atoms with Crippen molar-refractivity contribution in [2.24, 2.45) is 13.0 Å². The van der Waals surface area contributed by atoms with Crippen molar-refractivity contribution in [3.05, 3.63) is 30.1 Å². The maximum absolute atomic E-state index is 12.6. The Hall–Kier alpha value is -4.06. The molecule has 1 saturated heterocycles. The van der Waals surface area contributed by atoms with Gasteiger partial charge in [0.25, 0.3) is 0 Å². The number of rotatable bonds is 7. The third-order valence-electron chi connectivity index (χ3n) is 6.71. The summed E-state index contributed by atoms with van der Waals surface area (Å²) in [6.45, 7) is 2.65. The van der Waals surface area contributed by atoms with E-state index in [-0.39, 0.29) is 18.1 Å². The van der Waals surface area contributed by atoms with Gasteiger partial charge in [-0.05, 0) is 56.4 Å². The van der Waals surface area contributed by atoms with Crippen molar-refractivity contribution in [1.29, 1.82) is 0 Å². The third kappa shape index (κ3) is 4.48. The fourth-order valence-electron chi connectivity index (χ4n) is 4.75. The summed E-state index contributed by atoms with van der Waals surface area (Å²) < 4.78 is 13.9. The number of ether oxygens (including phenoxy) is 2. The van der Waals surface area contributed by atoms with Gasteiger partial charge in [0.05, 0.1) is 31.1 Å². The second kappa shape index (κ2) is 9.43. The Balaban J connectivity index is 1.45. The highest BCUT2D eigenvalue weighted by molar-refractivity contribution is 5.97. The molecular formula is C25H29N9O3. The van der Waals surface area contributed by atoms with Crippen LogP contribution in [-0.4, -0.2) is 54.4 Å². The van der Waals surface area contributed by atoms with Crippen LogP contribution in [0.2, 0.25) is 0 Å². The quantitative estimate of drug-likeness (QED) is 0.387. The topological polar surface area (TPSA) is 134 Å². The normalized spacial score (nSPS) is 17.6. The lowest BCUT2D eigenvalue weighted by Crippen LogP contribution is -2.20. The maximum Gasteiger partial charge on any atom is 0.228 e. The minimum Gasteiger partial charge on any atom is -0.494 e. The summed E-state index contributed by atoms with van der Waals surface area (Å²) in [5.41, 5.74) is 3.43. The lowest BCUT2D eigenvalue weighted by molar-refractivity contribution is -0.117. The van der Waals surface area contributed by atoms with Gasteiger partial charge in [0.15, 0.2) is 11.4 Å². The Labute approximate surface area is 213 Å². The number of amides is 1. The van der Waals surface area contributed by atoms with Gasteiger partial charge in [-0.1, -0.05) is 6.07 Å². The number of carbonyl (C=O) groups excluding carboxylic acids is 1. The summed E-state index contributed by atoms with van der Waals surface area (Å²) in [5, 5.41) is 18.9. The van der Waals surface area contributed by atoms with Gasteiger partial charge < -0.3 is 20.1 Å². The minimum atomic E-state index is -0.144. The molecule has 1 unspecified atom stereocenters. The number of pyridine rings is 1. The molecule has 0 bridgehead atoms. The van der Waals surface area contributed by atoms with Gasteiger partial charge in [-0.3, -0.25) is 9.36 Å². The molecule has 1 atom stereocenters. The standard InChI is InChI=1S/C25H29N9O3/c1-14-26-21-18(27-17-8-6-7-16(22(17)36-3)23-30-32-33(2)31-23)13-19(29-25(35)15-10-11-15)28-24(21)34(14)20-9-4-5-12-37-20/h6-8,13,15,20H,4-5,9-12H2,1-3H3,(H2,27,28,29,35). The van der Waals surface area contributed by atoms with Gasteiger partial charge in [-0.25, -0.2) is 9.97 Å². The number of aryl methyl sites for hydroxylation is 2. The summed E-state index contributed by atoms with van der Waals surface area (Å²) in [6.07, 6.45) is 4.68. The van der Waals surface area contributed by atoms with E-state index in [0.717, 1.165) is 37.9 Å². The van der Waals surface area contributed by atoms with Crippen molar-refractivity contribution < 1.29 is 14.3 Å². The molecule has 3 aromatic heterocycles. The number of tetrazole rings is 1. The molecule has 2 N–H and O–H groups in total. The largest absolute Gasteiger partial charge is 0.494 e. The number of hydrogen-bond donors (Lipinski definition) is 2. The van der Waals surface area contributed by atoms with Crippen molar-refractivity contribution >= 4 is 34.3 Å². The van der Waals surface area contributed by atoms with E-state index in [9.17, 15) is 4.79 Å². The lowest BCUT2D eigenvalue weighted by Gasteiger charge is -2.25. The van der Waals surface area contributed by atoms with Crippen molar-refractivity contribution in [3.63, 3.8) is 0 Å². The Morgan fingerprint density at radius 2 is 2.03 bits per heavy atom. The van der Waals surface area contributed by atoms with E-state index in [0.29, 0.717) is 52.1 Å². The van der Waals surface area contributed by atoms with Gasteiger partial charge >= 0.3 is 0 Å². The number of anilines is 3. The average Bonchev–Trinajstić information content (AvgIpc) is 3.58. The van der Waals surface area contributed by atoms with Crippen molar-refractivity contribution in [2.75, 3.05) is 24.4 Å². The first-order chi connectivity index (χ1) is 18.0. The van der Waals surface area contributed by atoms with Crippen LogP contribution in [0.1, 0.15) is 44.2 Å². The molecule has 1 aliphatic heterocycles. The Morgan fingerprint density at radius 1 is 1.16 bits per heavy atom. The summed E-state index contributed by atoms with van der Waals surface area (Å²) >= 11 is 0. The highest BCUT2D eigenvalue weighted by Crippen LogP contribution is 2.39. The number of nitrogens with zero attached hydrogens (tertiary/aromatic N) is 7. The van der Waals surface area contributed by atoms with Crippen LogP contribution in [0.5, 0.6) is 5.75 Å². The fraction of sp³-hybridized carbons (Fsp3) is 0.440. The molecule has 2 fully saturated rings. The van der Waals surface area contributed by atoms with Gasteiger partial charge in [-0.15, -0.1) is 10.2 Å². The van der Waals surface area contributed by atoms with Crippen LogP contribution in [0, 0.1) is 12.8 Å². The second-order valence-electron chi connectivity index (χ2n) is 9.45. The van der Waals surface area contributed by atoms with E-state index >= 15 is 0 Å². The number of aromatic nitrogens is 7. The number of benzene rings is 1. The number of methoxy groups -OCH3 is 1. The molecule has 192 valence electrons. The molecule has 0 radical (unpaired) electrons. The number of nitrogens with one attached hydrogen (secondary N) is 2. The number of carbonyl (C=O) groups is 1. The van der Waals surface area contributed by atoms with Crippen LogP contribution in [0.3, 0.4) is 0 Å². The monoisotopic (exact) mass is 503 g/mol. The third-order valence-corrected chi connectivity index (χ3v) is 6.71. The zero-order valence-electron chi connectivity index (χ0n) is 21.1. The van der Waals surface area contributed by atoms with Crippen LogP contribution in [0.4, 0.5) is 17.2 Å². The van der Waals surface area contributed by atoms with E-state index in [1.54, 1.807) is 14.2 Å². The van der Waals surface area contributed by atoms with Gasteiger partial charge in [0, 0.05) is 18.6 Å². The van der Waals surface area contributed by atoms with Crippen molar-refractivity contribution in [1.82, 2.24) is 34.7 Å². The molecule has 1 aliphatic carbocycles. The Kier molecular flexibility index (Phi) is 5.95. The number of imidazole rings is 1. The molecule has 1 aromatic carbocycles. The van der Waals surface area contributed by atoms with Crippen LogP contribution in [0.25, 0.3) is 22.6 Å². The molecule has 0 spiro atoms. The predicted octanol–water partition coefficient (Wildman–Crippen LogP) is 3.73. The van der Waals surface area contributed by atoms with Gasteiger partial charge in [0.1, 0.15) is 23.4 Å². The molecular weight excluding hydrogens is 474 g/mol. The predicted molar refractivity (Wildman–Crippen MR) is 137 cm³/mol. The molecule has 4 aromatic rings. The highest BCUT2D eigenvalue weighted by atomic mass is 16.5. The SMILES string of the molecule is COc1c(Nc2cc(NC(=O)C3CC3)nc3c2nc(C)n3C2CCCCO2)cccc1-c1nnn(C)n1. The van der Waals surface area contributed by atoms with E-state index < -0.39 is 0 Å². The molecule has 6 rings (SSSR count). The van der Waals surface area contributed by atoms with Crippen molar-refractivity contribution in [3.8, 4) is 17.1 Å². The molecule has 4 heterocycles. The number of para-hydroxylation sites is 1. The molecule has 1 saturated carbocycles. The lowest BCUT2D eigenvalue weighted by atomic mass is 10.1. The van der Waals surface area contributed by atoms with Crippen LogP contribution >= 0.6 is 0 Å².